The Morgan fingerprint density at radius 2 is 0.435 bits per heavy atom. The fourth-order valence-corrected chi connectivity index (χ4v) is 13.2. The van der Waals surface area contributed by atoms with Crippen molar-refractivity contribution in [3.8, 4) is 0 Å². The standard InChI is InChI=1S/C97H160O16P2/c1-4-7-10-13-16-19-22-25-28-31-34-37-40-43-45-48-50-53-56-59-62-65-68-71-74-77-80-83-95(100)107-86-92(98)87-109-114(103,104)110-88-93(99)89-111-115(105,106)112-91-94(113-97(102)85-82-79-76-73-70-67-64-61-58-55-52-47-42-39-36-33-30-27-24-21-18-15-12-9-6-3)90-108-96(101)84-81-78-75-72-69-66-63-60-57-54-51-49-46-44-41-38-35-32-29-26-23-20-17-14-11-8-5-2/h7-12,16-21,25-30,34-39,43-47,52,58,61,92-94,98-99H,4-6,13-15,22-24,31-33,40-42,48-51,53-57,59-60,62-91H2,1-3H3,(H,103,104)(H,105,106)/b10-7-,11-8-,12-9-,19-16-,20-17-,21-18-,28-25-,29-26-,30-27-,37-34-,38-35-,39-36-,45-43-,46-44-,52-47-,61-58-. The van der Waals surface area contributed by atoms with Gasteiger partial charge in [0.15, 0.2) is 6.10 Å². The SMILES string of the molecule is CC/C=C\C/C=C\C/C=C\C/C=C\C/C=C\C/C=C\CCCCCCCCC(=O)OC(COC(=O)CCCCCCCCCCCCC/C=C\C/C=C\C/C=C\C/C=C\C/C=C\CC)COP(=O)(O)OCC(O)COP(=O)(O)OCC(O)COC(=O)CCCCCCCCCCCCC/C=C\C/C=C\C/C=C\C/C=C\C/C=C\CC. The average molecular weight is 1640 g/mol. The molecule has 0 fully saturated rings. The van der Waals surface area contributed by atoms with Crippen LogP contribution in [0.4, 0.5) is 0 Å². The van der Waals surface area contributed by atoms with Gasteiger partial charge in [-0.05, 0) is 161 Å². The molecule has 115 heavy (non-hydrogen) atoms. The molecule has 0 aliphatic rings. The highest BCUT2D eigenvalue weighted by atomic mass is 31.2. The van der Waals surface area contributed by atoms with E-state index in [9.17, 15) is 43.5 Å². The van der Waals surface area contributed by atoms with E-state index in [0.29, 0.717) is 19.3 Å². The fourth-order valence-electron chi connectivity index (χ4n) is 11.6. The molecule has 18 heteroatoms. The molecular weight excluding hydrogens is 1480 g/mol. The van der Waals surface area contributed by atoms with E-state index in [1.807, 2.05) is 0 Å². The first-order chi connectivity index (χ1) is 56.2. The van der Waals surface area contributed by atoms with Gasteiger partial charge < -0.3 is 34.2 Å². The Bertz CT molecular complexity index is 2870. The van der Waals surface area contributed by atoms with Crippen molar-refractivity contribution in [1.82, 2.24) is 0 Å². The van der Waals surface area contributed by atoms with Gasteiger partial charge in [-0.25, -0.2) is 9.13 Å². The van der Waals surface area contributed by atoms with Crippen molar-refractivity contribution in [2.45, 2.75) is 360 Å². The van der Waals surface area contributed by atoms with E-state index < -0.39 is 91.5 Å². The summed E-state index contributed by atoms with van der Waals surface area (Å²) in [6, 6.07) is 0. The van der Waals surface area contributed by atoms with Crippen LogP contribution < -0.4 is 0 Å². The van der Waals surface area contributed by atoms with Gasteiger partial charge in [0, 0.05) is 19.3 Å². The molecule has 0 rings (SSSR count). The van der Waals surface area contributed by atoms with Gasteiger partial charge in [-0.2, -0.15) is 0 Å². The molecule has 0 aromatic carbocycles. The van der Waals surface area contributed by atoms with Crippen LogP contribution in [-0.4, -0.2) is 95.9 Å². The largest absolute Gasteiger partial charge is 0.472 e. The summed E-state index contributed by atoms with van der Waals surface area (Å²) in [6.07, 6.45) is 116. The highest BCUT2D eigenvalue weighted by molar-refractivity contribution is 7.47. The smallest absolute Gasteiger partial charge is 0.463 e. The molecule has 0 radical (unpaired) electrons. The monoisotopic (exact) mass is 1640 g/mol. The third kappa shape index (κ3) is 89.0. The number of phosphoric acid groups is 2. The topological polar surface area (TPSA) is 231 Å². The Balaban J connectivity index is 4.71. The number of carbonyl (C=O) groups excluding carboxylic acids is 3. The second-order valence-electron chi connectivity index (χ2n) is 29.3. The van der Waals surface area contributed by atoms with Crippen molar-refractivity contribution in [2.24, 2.45) is 0 Å². The molecule has 0 aromatic rings. The maximum absolute atomic E-state index is 13.1. The number of allylic oxidation sites excluding steroid dienone is 32. The molecule has 0 saturated heterocycles. The van der Waals surface area contributed by atoms with E-state index in [1.165, 1.54) is 77.0 Å². The van der Waals surface area contributed by atoms with E-state index in [-0.39, 0.29) is 19.3 Å². The van der Waals surface area contributed by atoms with E-state index in [1.54, 1.807) is 0 Å². The van der Waals surface area contributed by atoms with Crippen molar-refractivity contribution >= 4 is 33.6 Å². The number of esters is 3. The molecule has 0 aliphatic heterocycles. The summed E-state index contributed by atoms with van der Waals surface area (Å²) in [4.78, 5) is 59.0. The Kier molecular flexibility index (Phi) is 83.4. The third-order valence-corrected chi connectivity index (χ3v) is 20.2. The molecule has 5 atom stereocenters. The first-order valence-corrected chi connectivity index (χ1v) is 47.7. The van der Waals surface area contributed by atoms with Crippen molar-refractivity contribution in [1.29, 1.82) is 0 Å². The first kappa shape index (κ1) is 109. The van der Waals surface area contributed by atoms with Crippen LogP contribution in [0.1, 0.15) is 342 Å². The molecule has 0 aliphatic carbocycles. The molecule has 0 aromatic heterocycles. The van der Waals surface area contributed by atoms with Crippen molar-refractivity contribution < 1.29 is 75.8 Å². The minimum absolute atomic E-state index is 0.0795. The van der Waals surface area contributed by atoms with Crippen LogP contribution >= 0.6 is 15.6 Å². The van der Waals surface area contributed by atoms with Crippen LogP contribution in [0.5, 0.6) is 0 Å². The number of unbranched alkanes of at least 4 members (excludes halogenated alkanes) is 28. The summed E-state index contributed by atoms with van der Waals surface area (Å²) < 4.78 is 61.5. The summed E-state index contributed by atoms with van der Waals surface area (Å²) in [5.41, 5.74) is 0. The van der Waals surface area contributed by atoms with Gasteiger partial charge in [0.1, 0.15) is 25.4 Å². The number of aliphatic hydroxyl groups excluding tert-OH is 2. The van der Waals surface area contributed by atoms with Gasteiger partial charge in [0.05, 0.1) is 26.4 Å². The maximum atomic E-state index is 13.1. The molecule has 0 spiro atoms. The lowest BCUT2D eigenvalue weighted by Crippen LogP contribution is -2.30. The molecule has 0 heterocycles. The highest BCUT2D eigenvalue weighted by Gasteiger charge is 2.29. The normalized spacial score (nSPS) is 14.7. The number of hydrogen-bond acceptors (Lipinski definition) is 14. The predicted molar refractivity (Wildman–Crippen MR) is 481 cm³/mol. The van der Waals surface area contributed by atoms with Gasteiger partial charge in [0.2, 0.25) is 0 Å². The summed E-state index contributed by atoms with van der Waals surface area (Å²) in [6.45, 7) is 2.34. The summed E-state index contributed by atoms with van der Waals surface area (Å²) in [5, 5.41) is 20.7. The zero-order valence-corrected chi connectivity index (χ0v) is 73.7. The zero-order chi connectivity index (χ0) is 83.6. The number of phosphoric ester groups is 2. The highest BCUT2D eigenvalue weighted by Crippen LogP contribution is 2.45. The fraction of sp³-hybridized carbons (Fsp3) is 0.639. The van der Waals surface area contributed by atoms with E-state index in [0.717, 1.165) is 205 Å². The number of rotatable bonds is 83. The van der Waals surface area contributed by atoms with Gasteiger partial charge in [-0.3, -0.25) is 32.5 Å². The lowest BCUT2D eigenvalue weighted by molar-refractivity contribution is -0.161. The number of ether oxygens (including phenoxy) is 3. The molecular formula is C97H160O16P2. The lowest BCUT2D eigenvalue weighted by Gasteiger charge is -2.21. The zero-order valence-electron chi connectivity index (χ0n) is 71.9. The Morgan fingerprint density at radius 3 is 0.687 bits per heavy atom. The Hall–Kier alpha value is -5.61. The van der Waals surface area contributed by atoms with Crippen LogP contribution in [0.25, 0.3) is 0 Å². The molecule has 4 N–H and O–H groups in total. The van der Waals surface area contributed by atoms with Crippen molar-refractivity contribution in [2.75, 3.05) is 39.6 Å². The molecule has 0 amide bonds. The minimum atomic E-state index is -4.95. The van der Waals surface area contributed by atoms with Crippen molar-refractivity contribution in [3.05, 3.63) is 194 Å². The molecule has 0 saturated carbocycles. The Labute approximate surface area is 699 Å². The van der Waals surface area contributed by atoms with E-state index >= 15 is 0 Å². The van der Waals surface area contributed by atoms with Crippen LogP contribution in [0.15, 0.2) is 194 Å². The molecule has 5 unspecified atom stereocenters. The second kappa shape index (κ2) is 87.7. The first-order valence-electron chi connectivity index (χ1n) is 44.7. The van der Waals surface area contributed by atoms with E-state index in [2.05, 4.69) is 215 Å². The summed E-state index contributed by atoms with van der Waals surface area (Å²) in [7, 11) is -9.82. The Morgan fingerprint density at radius 1 is 0.243 bits per heavy atom. The number of carbonyl (C=O) groups is 3. The molecule has 0 bridgehead atoms. The van der Waals surface area contributed by atoms with Gasteiger partial charge in [0.25, 0.3) is 0 Å². The van der Waals surface area contributed by atoms with Crippen LogP contribution in [-0.2, 0) is 55.8 Å². The van der Waals surface area contributed by atoms with E-state index in [4.69, 9.17) is 32.3 Å². The van der Waals surface area contributed by atoms with Gasteiger partial charge >= 0.3 is 33.6 Å². The predicted octanol–water partition coefficient (Wildman–Crippen LogP) is 27.4. The number of aliphatic hydroxyl groups is 2. The average Bonchev–Trinajstić information content (AvgIpc) is 0.889. The van der Waals surface area contributed by atoms with Gasteiger partial charge in [-0.15, -0.1) is 0 Å². The lowest BCUT2D eigenvalue weighted by atomic mass is 10.0. The van der Waals surface area contributed by atoms with Gasteiger partial charge in [-0.1, -0.05) is 356 Å². The second-order valence-corrected chi connectivity index (χ2v) is 32.2. The minimum Gasteiger partial charge on any atom is -0.463 e. The quantitative estimate of drug-likeness (QED) is 0.0146. The third-order valence-electron chi connectivity index (χ3n) is 18.3. The number of hydrogen-bond donors (Lipinski definition) is 4. The molecule has 654 valence electrons. The summed E-state index contributed by atoms with van der Waals surface area (Å²) >= 11 is 0. The summed E-state index contributed by atoms with van der Waals surface area (Å²) in [5.74, 6) is -1.60. The van der Waals surface area contributed by atoms with Crippen molar-refractivity contribution in [3.63, 3.8) is 0 Å². The molecule has 16 nitrogen and oxygen atoms in total. The van der Waals surface area contributed by atoms with Crippen LogP contribution in [0.3, 0.4) is 0 Å². The maximum Gasteiger partial charge on any atom is 0.472 e. The van der Waals surface area contributed by atoms with Crippen LogP contribution in [0.2, 0.25) is 0 Å². The van der Waals surface area contributed by atoms with Crippen LogP contribution in [0, 0.1) is 0 Å².